The van der Waals surface area contributed by atoms with Crippen molar-refractivity contribution in [1.82, 2.24) is 4.90 Å². The van der Waals surface area contributed by atoms with Crippen molar-refractivity contribution >= 4 is 40.9 Å². The number of carbonyl (C=O) groups is 2. The van der Waals surface area contributed by atoms with Gasteiger partial charge in [0.1, 0.15) is 11.6 Å². The first-order valence-corrected chi connectivity index (χ1v) is 8.59. The highest BCUT2D eigenvalue weighted by Crippen LogP contribution is 2.23. The zero-order valence-corrected chi connectivity index (χ0v) is 14.8. The van der Waals surface area contributed by atoms with Crippen LogP contribution in [0.3, 0.4) is 0 Å². The van der Waals surface area contributed by atoms with E-state index in [9.17, 15) is 18.4 Å². The lowest BCUT2D eigenvalue weighted by Crippen LogP contribution is -2.36. The summed E-state index contributed by atoms with van der Waals surface area (Å²) in [7, 11) is 1.47. The molecule has 0 aliphatic heterocycles. The third-order valence-corrected chi connectivity index (χ3v) is 4.56. The Balaban J connectivity index is 1.85. The van der Waals surface area contributed by atoms with Crippen LogP contribution < -0.4 is 5.32 Å². The van der Waals surface area contributed by atoms with E-state index < -0.39 is 17.5 Å². The molecule has 0 spiro atoms. The molecule has 2 rings (SSSR count). The van der Waals surface area contributed by atoms with Crippen molar-refractivity contribution in [2.75, 3.05) is 24.7 Å². The number of anilines is 1. The minimum Gasteiger partial charge on any atom is -0.336 e. The molecule has 4 nitrogen and oxygen atoms in total. The molecular formula is C17H15ClF2N2O2S. The zero-order valence-electron chi connectivity index (χ0n) is 13.3. The summed E-state index contributed by atoms with van der Waals surface area (Å²) in [6.45, 7) is -0.170. The Hall–Kier alpha value is -2.12. The van der Waals surface area contributed by atoms with E-state index in [1.165, 1.54) is 18.0 Å². The van der Waals surface area contributed by atoms with E-state index in [0.29, 0.717) is 10.7 Å². The van der Waals surface area contributed by atoms with Crippen LogP contribution in [0.1, 0.15) is 0 Å². The van der Waals surface area contributed by atoms with Gasteiger partial charge >= 0.3 is 0 Å². The molecule has 0 aliphatic carbocycles. The molecule has 0 atom stereocenters. The van der Waals surface area contributed by atoms with Gasteiger partial charge in [0, 0.05) is 18.0 Å². The zero-order chi connectivity index (χ0) is 18.4. The normalized spacial score (nSPS) is 10.4. The molecule has 2 amide bonds. The fourth-order valence-corrected chi connectivity index (χ4v) is 2.94. The first kappa shape index (κ1) is 19.2. The van der Waals surface area contributed by atoms with Crippen LogP contribution in [0.25, 0.3) is 0 Å². The summed E-state index contributed by atoms with van der Waals surface area (Å²) in [4.78, 5) is 25.4. The number of likely N-dealkylation sites (N-methyl/N-ethyl adjacent to an activating group) is 1. The minimum absolute atomic E-state index is 0.0710. The number of halogens is 3. The van der Waals surface area contributed by atoms with Crippen LogP contribution in [0.15, 0.2) is 47.4 Å². The average Bonchev–Trinajstić information content (AvgIpc) is 2.55. The average molecular weight is 385 g/mol. The van der Waals surface area contributed by atoms with Crippen molar-refractivity contribution in [3.8, 4) is 0 Å². The number of nitrogens with one attached hydrogen (secondary N) is 1. The smallest absolute Gasteiger partial charge is 0.244 e. The Bertz CT molecular complexity index is 789. The predicted octanol–water partition coefficient (Wildman–Crippen LogP) is 3.81. The molecule has 25 heavy (non-hydrogen) atoms. The van der Waals surface area contributed by atoms with Crippen LogP contribution in [0.2, 0.25) is 5.02 Å². The van der Waals surface area contributed by atoms with E-state index in [2.05, 4.69) is 5.32 Å². The number of para-hydroxylation sites is 1. The number of amides is 2. The molecule has 0 unspecified atom stereocenters. The van der Waals surface area contributed by atoms with Gasteiger partial charge in [-0.1, -0.05) is 23.7 Å². The molecule has 0 heterocycles. The van der Waals surface area contributed by atoms with Gasteiger partial charge in [0.25, 0.3) is 0 Å². The van der Waals surface area contributed by atoms with Gasteiger partial charge in [-0.2, -0.15) is 0 Å². The molecule has 0 saturated carbocycles. The van der Waals surface area contributed by atoms with Gasteiger partial charge in [0.05, 0.1) is 23.0 Å². The van der Waals surface area contributed by atoms with Crippen molar-refractivity contribution in [3.05, 3.63) is 59.1 Å². The maximum Gasteiger partial charge on any atom is 0.244 e. The standard InChI is InChI=1S/C17H15ClF2N2O2S/c1-22(9-16(23)21-14-5-3-2-4-12(14)18)17(24)10-25-15-7-6-11(19)8-13(15)20/h2-8H,9-10H2,1H3,(H,21,23). The molecule has 0 bridgehead atoms. The lowest BCUT2D eigenvalue weighted by molar-refractivity contribution is -0.131. The van der Waals surface area contributed by atoms with Crippen LogP contribution >= 0.6 is 23.4 Å². The first-order chi connectivity index (χ1) is 11.9. The highest BCUT2D eigenvalue weighted by Gasteiger charge is 2.15. The summed E-state index contributed by atoms with van der Waals surface area (Å²) in [5, 5.41) is 3.01. The first-order valence-electron chi connectivity index (χ1n) is 7.23. The Morgan fingerprint density at radius 3 is 2.60 bits per heavy atom. The van der Waals surface area contributed by atoms with Crippen LogP contribution in [0, 0.1) is 11.6 Å². The Kier molecular flexibility index (Phi) is 6.78. The maximum atomic E-state index is 13.5. The van der Waals surface area contributed by atoms with Crippen molar-refractivity contribution in [2.24, 2.45) is 0 Å². The van der Waals surface area contributed by atoms with Gasteiger partial charge in [-0.15, -0.1) is 11.8 Å². The third kappa shape index (κ3) is 5.72. The van der Waals surface area contributed by atoms with Gasteiger partial charge in [0.2, 0.25) is 11.8 Å². The lowest BCUT2D eigenvalue weighted by Gasteiger charge is -2.17. The molecule has 2 aromatic rings. The van der Waals surface area contributed by atoms with E-state index >= 15 is 0 Å². The quantitative estimate of drug-likeness (QED) is 0.770. The lowest BCUT2D eigenvalue weighted by atomic mass is 10.3. The van der Waals surface area contributed by atoms with Crippen LogP contribution in [0.5, 0.6) is 0 Å². The Morgan fingerprint density at radius 1 is 1.20 bits per heavy atom. The fourth-order valence-electron chi connectivity index (χ4n) is 1.90. The summed E-state index contributed by atoms with van der Waals surface area (Å²) in [5.41, 5.74) is 0.456. The molecule has 8 heteroatoms. The van der Waals surface area contributed by atoms with Gasteiger partial charge in [-0.3, -0.25) is 9.59 Å². The van der Waals surface area contributed by atoms with E-state index in [1.807, 2.05) is 0 Å². The third-order valence-electron chi connectivity index (χ3n) is 3.20. The Morgan fingerprint density at radius 2 is 1.92 bits per heavy atom. The SMILES string of the molecule is CN(CC(=O)Nc1ccccc1Cl)C(=O)CSc1ccc(F)cc1F. The summed E-state index contributed by atoms with van der Waals surface area (Å²) in [6.07, 6.45) is 0. The number of carbonyl (C=O) groups excluding carboxylic acids is 2. The second kappa shape index (κ2) is 8.82. The number of hydrogen-bond donors (Lipinski definition) is 1. The van der Waals surface area contributed by atoms with E-state index in [1.54, 1.807) is 24.3 Å². The van der Waals surface area contributed by atoms with Gasteiger partial charge in [-0.05, 0) is 24.3 Å². The molecule has 0 aliphatic rings. The Labute approximate surface area is 153 Å². The molecular weight excluding hydrogens is 370 g/mol. The number of thioether (sulfide) groups is 1. The number of benzene rings is 2. The largest absolute Gasteiger partial charge is 0.336 e. The fraction of sp³-hybridized carbons (Fsp3) is 0.176. The van der Waals surface area contributed by atoms with E-state index in [4.69, 9.17) is 11.6 Å². The second-order valence-electron chi connectivity index (χ2n) is 5.14. The van der Waals surface area contributed by atoms with Crippen molar-refractivity contribution in [2.45, 2.75) is 4.90 Å². The van der Waals surface area contributed by atoms with Crippen molar-refractivity contribution in [1.29, 1.82) is 0 Å². The van der Waals surface area contributed by atoms with Crippen LogP contribution in [0.4, 0.5) is 14.5 Å². The van der Waals surface area contributed by atoms with E-state index in [0.717, 1.165) is 23.9 Å². The van der Waals surface area contributed by atoms with E-state index in [-0.39, 0.29) is 23.1 Å². The molecule has 0 radical (unpaired) electrons. The number of nitrogens with zero attached hydrogens (tertiary/aromatic N) is 1. The molecule has 132 valence electrons. The predicted molar refractivity (Wildman–Crippen MR) is 94.8 cm³/mol. The maximum absolute atomic E-state index is 13.5. The topological polar surface area (TPSA) is 49.4 Å². The molecule has 1 N–H and O–H groups in total. The minimum atomic E-state index is -0.725. The monoisotopic (exact) mass is 384 g/mol. The molecule has 2 aromatic carbocycles. The van der Waals surface area contributed by atoms with Gasteiger partial charge in [-0.25, -0.2) is 8.78 Å². The van der Waals surface area contributed by atoms with Crippen LogP contribution in [-0.4, -0.2) is 36.1 Å². The molecule has 0 saturated heterocycles. The number of rotatable bonds is 6. The van der Waals surface area contributed by atoms with Gasteiger partial charge in [0.15, 0.2) is 0 Å². The number of hydrogen-bond acceptors (Lipinski definition) is 3. The highest BCUT2D eigenvalue weighted by atomic mass is 35.5. The van der Waals surface area contributed by atoms with Crippen molar-refractivity contribution in [3.63, 3.8) is 0 Å². The second-order valence-corrected chi connectivity index (χ2v) is 6.57. The van der Waals surface area contributed by atoms with Gasteiger partial charge < -0.3 is 10.2 Å². The summed E-state index contributed by atoms with van der Waals surface area (Å²) < 4.78 is 26.4. The highest BCUT2D eigenvalue weighted by molar-refractivity contribution is 8.00. The van der Waals surface area contributed by atoms with Crippen LogP contribution in [-0.2, 0) is 9.59 Å². The molecule has 0 fully saturated rings. The van der Waals surface area contributed by atoms with Crippen molar-refractivity contribution < 1.29 is 18.4 Å². The molecule has 0 aromatic heterocycles. The summed E-state index contributed by atoms with van der Waals surface area (Å²) in [5.74, 6) is -2.23. The summed E-state index contributed by atoms with van der Waals surface area (Å²) >= 11 is 6.89. The summed E-state index contributed by atoms with van der Waals surface area (Å²) in [6, 6.07) is 9.90.